The fourth-order valence-corrected chi connectivity index (χ4v) is 3.05. The number of methoxy groups -OCH3 is 3. The lowest BCUT2D eigenvalue weighted by atomic mass is 9.98. The molecule has 0 aliphatic carbocycles. The van der Waals surface area contributed by atoms with E-state index in [4.69, 9.17) is 24.8 Å². The number of benzene rings is 2. The Labute approximate surface area is 168 Å². The molecule has 9 heteroatoms. The van der Waals surface area contributed by atoms with Crippen molar-refractivity contribution < 1.29 is 23.7 Å². The van der Waals surface area contributed by atoms with E-state index in [0.29, 0.717) is 29.4 Å². The van der Waals surface area contributed by atoms with Crippen molar-refractivity contribution in [3.05, 3.63) is 47.5 Å². The SMILES string of the molecule is COc1cc(C2CC(c3ccc(OCC(=O)NN)cc3)=NN2)cc(OC)c1OC. The van der Waals surface area contributed by atoms with Gasteiger partial charge in [0.05, 0.1) is 33.1 Å². The predicted molar refractivity (Wildman–Crippen MR) is 107 cm³/mol. The van der Waals surface area contributed by atoms with E-state index in [1.165, 1.54) is 0 Å². The van der Waals surface area contributed by atoms with Gasteiger partial charge in [0.1, 0.15) is 5.75 Å². The van der Waals surface area contributed by atoms with Crippen LogP contribution in [0.2, 0.25) is 0 Å². The van der Waals surface area contributed by atoms with Crippen LogP contribution < -0.4 is 35.6 Å². The van der Waals surface area contributed by atoms with Gasteiger partial charge in [-0.05, 0) is 47.5 Å². The van der Waals surface area contributed by atoms with Crippen LogP contribution >= 0.6 is 0 Å². The molecule has 1 heterocycles. The van der Waals surface area contributed by atoms with Gasteiger partial charge in [0, 0.05) is 6.42 Å². The summed E-state index contributed by atoms with van der Waals surface area (Å²) >= 11 is 0. The van der Waals surface area contributed by atoms with E-state index in [0.717, 1.165) is 16.8 Å². The molecule has 29 heavy (non-hydrogen) atoms. The maximum absolute atomic E-state index is 11.1. The van der Waals surface area contributed by atoms with Crippen molar-refractivity contribution in [2.45, 2.75) is 12.5 Å². The van der Waals surface area contributed by atoms with E-state index in [1.54, 1.807) is 33.5 Å². The number of rotatable bonds is 8. The third-order valence-corrected chi connectivity index (χ3v) is 4.56. The van der Waals surface area contributed by atoms with E-state index < -0.39 is 5.91 Å². The Kier molecular flexibility index (Phi) is 6.40. The van der Waals surface area contributed by atoms with Crippen molar-refractivity contribution in [3.8, 4) is 23.0 Å². The zero-order chi connectivity index (χ0) is 20.8. The molecule has 0 saturated heterocycles. The summed E-state index contributed by atoms with van der Waals surface area (Å²) in [6.07, 6.45) is 0.689. The third-order valence-electron chi connectivity index (χ3n) is 4.56. The highest BCUT2D eigenvalue weighted by Crippen LogP contribution is 2.41. The standard InChI is InChI=1S/C20H24N4O5/c1-26-17-8-13(9-18(27-2)20(17)28-3)16-10-15(23-24-16)12-4-6-14(7-5-12)29-11-19(25)22-21/h4-9,16,24H,10-11,21H2,1-3H3,(H,22,25). The normalized spacial score (nSPS) is 15.2. The Balaban J connectivity index is 1.70. The number of hydrazine groups is 1. The fourth-order valence-electron chi connectivity index (χ4n) is 3.05. The molecule has 1 unspecified atom stereocenters. The average Bonchev–Trinajstić information content (AvgIpc) is 3.26. The second-order valence-electron chi connectivity index (χ2n) is 6.28. The molecule has 1 aliphatic rings. The summed E-state index contributed by atoms with van der Waals surface area (Å²) in [4.78, 5) is 11.1. The van der Waals surface area contributed by atoms with Crippen LogP contribution in [0.15, 0.2) is 41.5 Å². The molecule has 0 saturated carbocycles. The van der Waals surface area contributed by atoms with Gasteiger partial charge in [-0.1, -0.05) is 0 Å². The highest BCUT2D eigenvalue weighted by atomic mass is 16.5. The van der Waals surface area contributed by atoms with Crippen LogP contribution in [0.3, 0.4) is 0 Å². The summed E-state index contributed by atoms with van der Waals surface area (Å²) in [5.41, 5.74) is 8.03. The summed E-state index contributed by atoms with van der Waals surface area (Å²) in [6.45, 7) is -0.137. The highest BCUT2D eigenvalue weighted by Gasteiger charge is 2.24. The van der Waals surface area contributed by atoms with Gasteiger partial charge in [-0.15, -0.1) is 0 Å². The molecule has 154 valence electrons. The smallest absolute Gasteiger partial charge is 0.271 e. The molecule has 9 nitrogen and oxygen atoms in total. The van der Waals surface area contributed by atoms with Crippen molar-refractivity contribution in [2.75, 3.05) is 27.9 Å². The fraction of sp³-hybridized carbons (Fsp3) is 0.300. The number of nitrogens with one attached hydrogen (secondary N) is 2. The number of hydrazone groups is 1. The van der Waals surface area contributed by atoms with E-state index in [9.17, 15) is 4.79 Å². The Morgan fingerprint density at radius 2 is 1.79 bits per heavy atom. The van der Waals surface area contributed by atoms with Gasteiger partial charge in [0.25, 0.3) is 5.91 Å². The first-order valence-corrected chi connectivity index (χ1v) is 8.94. The number of carbonyl (C=O) groups is 1. The van der Waals surface area contributed by atoms with Gasteiger partial charge in [-0.2, -0.15) is 5.10 Å². The van der Waals surface area contributed by atoms with Gasteiger partial charge in [0.2, 0.25) is 5.75 Å². The Hall–Kier alpha value is -3.46. The summed E-state index contributed by atoms with van der Waals surface area (Å²) in [6, 6.07) is 11.2. The van der Waals surface area contributed by atoms with Gasteiger partial charge in [-0.3, -0.25) is 10.2 Å². The molecule has 1 aliphatic heterocycles. The summed E-state index contributed by atoms with van der Waals surface area (Å²) in [5.74, 6) is 6.96. The number of nitrogens with zero attached hydrogens (tertiary/aromatic N) is 1. The quantitative estimate of drug-likeness (QED) is 0.349. The molecule has 0 aromatic heterocycles. The summed E-state index contributed by atoms with van der Waals surface area (Å²) in [5, 5.41) is 4.47. The Bertz CT molecular complexity index is 873. The number of nitrogens with two attached hydrogens (primary N) is 1. The van der Waals surface area contributed by atoms with E-state index in [1.807, 2.05) is 29.7 Å². The first kappa shape index (κ1) is 20.3. The largest absolute Gasteiger partial charge is 0.493 e. The molecule has 0 bridgehead atoms. The molecule has 0 fully saturated rings. The minimum absolute atomic E-state index is 0.0251. The molecule has 1 amide bonds. The molecule has 2 aromatic carbocycles. The van der Waals surface area contributed by atoms with Gasteiger partial charge < -0.3 is 24.4 Å². The zero-order valence-electron chi connectivity index (χ0n) is 16.5. The maximum Gasteiger partial charge on any atom is 0.271 e. The van der Waals surface area contributed by atoms with Crippen molar-refractivity contribution in [2.24, 2.45) is 10.9 Å². The van der Waals surface area contributed by atoms with E-state index >= 15 is 0 Å². The van der Waals surface area contributed by atoms with Crippen LogP contribution in [0.25, 0.3) is 0 Å². The second-order valence-corrected chi connectivity index (χ2v) is 6.28. The molecule has 0 spiro atoms. The molecular weight excluding hydrogens is 376 g/mol. The lowest BCUT2D eigenvalue weighted by Crippen LogP contribution is -2.34. The van der Waals surface area contributed by atoms with Crippen LogP contribution in [0.5, 0.6) is 23.0 Å². The maximum atomic E-state index is 11.1. The van der Waals surface area contributed by atoms with Gasteiger partial charge in [-0.25, -0.2) is 5.84 Å². The number of ether oxygens (including phenoxy) is 4. The van der Waals surface area contributed by atoms with Crippen molar-refractivity contribution in [1.29, 1.82) is 0 Å². The molecule has 0 radical (unpaired) electrons. The van der Waals surface area contributed by atoms with Crippen LogP contribution in [-0.2, 0) is 4.79 Å². The lowest BCUT2D eigenvalue weighted by molar-refractivity contribution is -0.123. The molecular formula is C20H24N4O5. The third kappa shape index (κ3) is 4.52. The minimum atomic E-state index is -0.397. The van der Waals surface area contributed by atoms with E-state index in [2.05, 4.69) is 10.5 Å². The van der Waals surface area contributed by atoms with Crippen LogP contribution in [0.4, 0.5) is 0 Å². The monoisotopic (exact) mass is 400 g/mol. The van der Waals surface area contributed by atoms with Gasteiger partial charge >= 0.3 is 0 Å². The molecule has 2 aromatic rings. The van der Waals surface area contributed by atoms with Crippen molar-refractivity contribution in [1.82, 2.24) is 10.9 Å². The minimum Gasteiger partial charge on any atom is -0.493 e. The second kappa shape index (κ2) is 9.16. The van der Waals surface area contributed by atoms with Gasteiger partial charge in [0.15, 0.2) is 18.1 Å². The first-order valence-electron chi connectivity index (χ1n) is 8.94. The topological polar surface area (TPSA) is 116 Å². The van der Waals surface area contributed by atoms with E-state index in [-0.39, 0.29) is 12.6 Å². The Morgan fingerprint density at radius 1 is 1.14 bits per heavy atom. The average molecular weight is 400 g/mol. The van der Waals surface area contributed by atoms with Crippen molar-refractivity contribution in [3.63, 3.8) is 0 Å². The predicted octanol–water partition coefficient (Wildman–Crippen LogP) is 1.52. The number of hydrogen-bond acceptors (Lipinski definition) is 8. The molecule has 3 rings (SSSR count). The van der Waals surface area contributed by atoms with Crippen LogP contribution in [0, 0.1) is 0 Å². The molecule has 1 atom stereocenters. The number of hydrogen-bond donors (Lipinski definition) is 3. The Morgan fingerprint density at radius 3 is 2.34 bits per heavy atom. The van der Waals surface area contributed by atoms with Crippen LogP contribution in [0.1, 0.15) is 23.6 Å². The summed E-state index contributed by atoms with van der Waals surface area (Å²) in [7, 11) is 4.75. The highest BCUT2D eigenvalue weighted by molar-refractivity contribution is 6.01. The van der Waals surface area contributed by atoms with Crippen molar-refractivity contribution >= 4 is 11.6 Å². The first-order chi connectivity index (χ1) is 14.1. The zero-order valence-corrected chi connectivity index (χ0v) is 16.5. The number of carbonyl (C=O) groups excluding carboxylic acids is 1. The molecule has 4 N–H and O–H groups in total. The number of amides is 1. The lowest BCUT2D eigenvalue weighted by Gasteiger charge is -2.17. The summed E-state index contributed by atoms with van der Waals surface area (Å²) < 4.78 is 21.6. The van der Waals surface area contributed by atoms with Crippen LogP contribution in [-0.4, -0.2) is 39.6 Å².